The second-order valence-corrected chi connectivity index (χ2v) is 4.68. The average Bonchev–Trinajstić information content (AvgIpc) is 2.72. The number of amides is 1. The Hall–Kier alpha value is -1.84. The summed E-state index contributed by atoms with van der Waals surface area (Å²) in [6, 6.07) is 8.09. The molecule has 18 heavy (non-hydrogen) atoms. The SMILES string of the molecule is CCc1ccc(CN2C[C@@H](C(=O)O)CC2=O)cc1. The number of likely N-dealkylation sites (tertiary alicyclic amines) is 1. The largest absolute Gasteiger partial charge is 0.481 e. The van der Waals surface area contributed by atoms with Crippen LogP contribution >= 0.6 is 0 Å². The van der Waals surface area contributed by atoms with Crippen molar-refractivity contribution in [1.29, 1.82) is 0 Å². The molecule has 1 N–H and O–H groups in total. The molecule has 1 fully saturated rings. The molecular weight excluding hydrogens is 230 g/mol. The van der Waals surface area contributed by atoms with Crippen LogP contribution in [0.2, 0.25) is 0 Å². The molecule has 1 heterocycles. The topological polar surface area (TPSA) is 57.6 Å². The number of hydrogen-bond acceptors (Lipinski definition) is 2. The number of aryl methyl sites for hydroxylation is 1. The van der Waals surface area contributed by atoms with Crippen molar-refractivity contribution < 1.29 is 14.7 Å². The third kappa shape index (κ3) is 2.70. The highest BCUT2D eigenvalue weighted by atomic mass is 16.4. The predicted molar refractivity (Wildman–Crippen MR) is 67.0 cm³/mol. The maximum absolute atomic E-state index is 11.7. The molecule has 0 spiro atoms. The van der Waals surface area contributed by atoms with E-state index < -0.39 is 11.9 Å². The van der Waals surface area contributed by atoms with Gasteiger partial charge in [-0.2, -0.15) is 0 Å². The summed E-state index contributed by atoms with van der Waals surface area (Å²) in [6.45, 7) is 2.92. The van der Waals surface area contributed by atoms with Crippen molar-refractivity contribution in [2.24, 2.45) is 5.92 Å². The van der Waals surface area contributed by atoms with Gasteiger partial charge in [0.15, 0.2) is 0 Å². The van der Waals surface area contributed by atoms with Gasteiger partial charge in [0.2, 0.25) is 5.91 Å². The zero-order chi connectivity index (χ0) is 13.1. The lowest BCUT2D eigenvalue weighted by molar-refractivity contribution is -0.141. The number of carbonyl (C=O) groups is 2. The van der Waals surface area contributed by atoms with Crippen molar-refractivity contribution in [3.63, 3.8) is 0 Å². The summed E-state index contributed by atoms with van der Waals surface area (Å²) >= 11 is 0. The number of nitrogens with zero attached hydrogens (tertiary/aromatic N) is 1. The molecule has 4 heteroatoms. The van der Waals surface area contributed by atoms with Gasteiger partial charge in [-0.3, -0.25) is 9.59 Å². The van der Waals surface area contributed by atoms with Crippen molar-refractivity contribution in [2.45, 2.75) is 26.3 Å². The van der Waals surface area contributed by atoms with Crippen LogP contribution < -0.4 is 0 Å². The van der Waals surface area contributed by atoms with E-state index >= 15 is 0 Å². The van der Waals surface area contributed by atoms with Crippen molar-refractivity contribution in [3.8, 4) is 0 Å². The van der Waals surface area contributed by atoms with E-state index in [0.717, 1.165) is 12.0 Å². The smallest absolute Gasteiger partial charge is 0.308 e. The molecule has 0 aliphatic carbocycles. The third-order valence-electron chi connectivity index (χ3n) is 3.37. The number of carboxylic acids is 1. The van der Waals surface area contributed by atoms with Crippen LogP contribution in [0, 0.1) is 5.92 Å². The minimum atomic E-state index is -0.882. The molecule has 0 saturated carbocycles. The first-order valence-electron chi connectivity index (χ1n) is 6.18. The second kappa shape index (κ2) is 5.21. The van der Waals surface area contributed by atoms with Crippen LogP contribution in [-0.4, -0.2) is 28.4 Å². The van der Waals surface area contributed by atoms with Crippen LogP contribution in [0.3, 0.4) is 0 Å². The first kappa shape index (κ1) is 12.6. The summed E-state index contributed by atoms with van der Waals surface area (Å²) in [6.07, 6.45) is 1.12. The fourth-order valence-electron chi connectivity index (χ4n) is 2.19. The Morgan fingerprint density at radius 1 is 1.33 bits per heavy atom. The van der Waals surface area contributed by atoms with Crippen molar-refractivity contribution in [3.05, 3.63) is 35.4 Å². The van der Waals surface area contributed by atoms with E-state index in [9.17, 15) is 9.59 Å². The van der Waals surface area contributed by atoms with E-state index in [1.807, 2.05) is 24.3 Å². The number of hydrogen-bond donors (Lipinski definition) is 1. The summed E-state index contributed by atoms with van der Waals surface area (Å²) in [5.74, 6) is -1.50. The molecule has 0 radical (unpaired) electrons. The van der Waals surface area contributed by atoms with Gasteiger partial charge in [0.25, 0.3) is 0 Å². The van der Waals surface area contributed by atoms with Crippen LogP contribution in [0.1, 0.15) is 24.5 Å². The maximum Gasteiger partial charge on any atom is 0.308 e. The summed E-state index contributed by atoms with van der Waals surface area (Å²) in [5.41, 5.74) is 2.31. The first-order chi connectivity index (χ1) is 8.60. The van der Waals surface area contributed by atoms with E-state index in [1.54, 1.807) is 4.90 Å². The molecule has 1 amide bonds. The van der Waals surface area contributed by atoms with Gasteiger partial charge in [0, 0.05) is 19.5 Å². The molecule has 1 aliphatic heterocycles. The van der Waals surface area contributed by atoms with Gasteiger partial charge in [-0.25, -0.2) is 0 Å². The maximum atomic E-state index is 11.7. The molecule has 96 valence electrons. The highest BCUT2D eigenvalue weighted by Crippen LogP contribution is 2.20. The summed E-state index contributed by atoms with van der Waals surface area (Å²) in [5, 5.41) is 8.90. The molecule has 4 nitrogen and oxygen atoms in total. The van der Waals surface area contributed by atoms with Crippen molar-refractivity contribution >= 4 is 11.9 Å². The molecule has 1 atom stereocenters. The zero-order valence-electron chi connectivity index (χ0n) is 10.4. The van der Waals surface area contributed by atoms with Crippen LogP contribution in [0.5, 0.6) is 0 Å². The average molecular weight is 247 g/mol. The van der Waals surface area contributed by atoms with Gasteiger partial charge in [0.05, 0.1) is 5.92 Å². The molecule has 1 saturated heterocycles. The van der Waals surface area contributed by atoms with Crippen LogP contribution in [0.4, 0.5) is 0 Å². The number of carbonyl (C=O) groups excluding carboxylic acids is 1. The first-order valence-corrected chi connectivity index (χ1v) is 6.18. The number of carboxylic acid groups (broad SMARTS) is 1. The number of benzene rings is 1. The lowest BCUT2D eigenvalue weighted by Crippen LogP contribution is -2.25. The number of rotatable bonds is 4. The van der Waals surface area contributed by atoms with Crippen molar-refractivity contribution in [1.82, 2.24) is 4.90 Å². The Kier molecular flexibility index (Phi) is 3.65. The lowest BCUT2D eigenvalue weighted by Gasteiger charge is -2.16. The molecule has 2 rings (SSSR count). The van der Waals surface area contributed by atoms with Crippen LogP contribution in [0.25, 0.3) is 0 Å². The second-order valence-electron chi connectivity index (χ2n) is 4.68. The van der Waals surface area contributed by atoms with E-state index in [4.69, 9.17) is 5.11 Å². The summed E-state index contributed by atoms with van der Waals surface area (Å²) in [4.78, 5) is 24.2. The lowest BCUT2D eigenvalue weighted by atomic mass is 10.1. The van der Waals surface area contributed by atoms with Crippen LogP contribution in [0.15, 0.2) is 24.3 Å². The van der Waals surface area contributed by atoms with Crippen molar-refractivity contribution in [2.75, 3.05) is 6.54 Å². The van der Waals surface area contributed by atoms with Gasteiger partial charge in [-0.15, -0.1) is 0 Å². The standard InChI is InChI=1S/C14H17NO3/c1-2-10-3-5-11(6-4-10)8-15-9-12(14(17)18)7-13(15)16/h3-6,12H,2,7-9H2,1H3,(H,17,18)/t12-/m0/s1. The third-order valence-corrected chi connectivity index (χ3v) is 3.37. The minimum absolute atomic E-state index is 0.0676. The monoisotopic (exact) mass is 247 g/mol. The molecule has 0 unspecified atom stereocenters. The highest BCUT2D eigenvalue weighted by molar-refractivity contribution is 5.86. The number of aliphatic carboxylic acids is 1. The molecule has 1 aromatic rings. The Bertz CT molecular complexity index is 453. The van der Waals surface area contributed by atoms with Gasteiger partial charge in [-0.05, 0) is 17.5 Å². The van der Waals surface area contributed by atoms with E-state index in [1.165, 1.54) is 5.56 Å². The fraction of sp³-hybridized carbons (Fsp3) is 0.429. The molecule has 0 aromatic heterocycles. The Morgan fingerprint density at radius 3 is 2.44 bits per heavy atom. The van der Waals surface area contributed by atoms with Gasteiger partial charge >= 0.3 is 5.97 Å². The van der Waals surface area contributed by atoms with Crippen LogP contribution in [-0.2, 0) is 22.6 Å². The highest BCUT2D eigenvalue weighted by Gasteiger charge is 2.33. The normalized spacial score (nSPS) is 19.3. The molecule has 0 bridgehead atoms. The summed E-state index contributed by atoms with van der Waals surface area (Å²) < 4.78 is 0. The predicted octanol–water partition coefficient (Wildman–Crippen LogP) is 1.68. The van der Waals surface area contributed by atoms with E-state index in [2.05, 4.69) is 6.92 Å². The van der Waals surface area contributed by atoms with E-state index in [-0.39, 0.29) is 12.3 Å². The van der Waals surface area contributed by atoms with E-state index in [0.29, 0.717) is 13.1 Å². The Labute approximate surface area is 106 Å². The summed E-state index contributed by atoms with van der Waals surface area (Å²) in [7, 11) is 0. The van der Waals surface area contributed by atoms with Gasteiger partial charge in [-0.1, -0.05) is 31.2 Å². The molecule has 1 aliphatic rings. The zero-order valence-corrected chi connectivity index (χ0v) is 10.4. The molecular formula is C14H17NO3. The quantitative estimate of drug-likeness (QED) is 0.880. The van der Waals surface area contributed by atoms with Gasteiger partial charge < -0.3 is 10.0 Å². The Balaban J connectivity index is 2.01. The fourth-order valence-corrected chi connectivity index (χ4v) is 2.19. The Morgan fingerprint density at radius 2 is 1.94 bits per heavy atom. The minimum Gasteiger partial charge on any atom is -0.481 e. The van der Waals surface area contributed by atoms with Gasteiger partial charge in [0.1, 0.15) is 0 Å². The molecule has 1 aromatic carbocycles.